The van der Waals surface area contributed by atoms with Crippen molar-refractivity contribution in [1.82, 2.24) is 19.9 Å². The van der Waals surface area contributed by atoms with Crippen LogP contribution < -0.4 is 5.32 Å². The van der Waals surface area contributed by atoms with Crippen LogP contribution in [0.3, 0.4) is 0 Å². The van der Waals surface area contributed by atoms with E-state index < -0.39 is 0 Å². The Bertz CT molecular complexity index is 758. The number of hydrogen-bond acceptors (Lipinski definition) is 5. The highest BCUT2D eigenvalue weighted by molar-refractivity contribution is 6.28. The lowest BCUT2D eigenvalue weighted by Gasteiger charge is -2.08. The number of rotatable bonds is 5. The number of fused-ring (bicyclic) bond motifs is 1. The van der Waals surface area contributed by atoms with Crippen molar-refractivity contribution < 1.29 is 4.74 Å². The topological polar surface area (TPSA) is 75.7 Å². The maximum atomic E-state index is 5.90. The smallest absolute Gasteiger partial charge is 0.226 e. The second-order valence-electron chi connectivity index (χ2n) is 4.55. The molecule has 7 heteroatoms. The van der Waals surface area contributed by atoms with Crippen LogP contribution in [0, 0.1) is 0 Å². The van der Waals surface area contributed by atoms with E-state index in [0.29, 0.717) is 24.6 Å². The number of nitrogens with zero attached hydrogens (tertiary/aromatic N) is 3. The van der Waals surface area contributed by atoms with Gasteiger partial charge in [-0.15, -0.1) is 0 Å². The van der Waals surface area contributed by atoms with Crippen LogP contribution in [-0.2, 0) is 17.9 Å². The van der Waals surface area contributed by atoms with Crippen molar-refractivity contribution in [3.05, 3.63) is 47.0 Å². The number of halogens is 1. The lowest BCUT2D eigenvalue weighted by Crippen LogP contribution is -2.04. The molecule has 3 aromatic rings. The minimum atomic E-state index is 0.172. The molecule has 21 heavy (non-hydrogen) atoms. The first-order valence-corrected chi connectivity index (χ1v) is 6.81. The number of aromatic nitrogens is 4. The Kier molecular flexibility index (Phi) is 3.98. The SMILES string of the molecule is COCc1cccc(CNc2nc(Cl)nc3nc[nH]c23)c1. The zero-order valence-corrected chi connectivity index (χ0v) is 12.2. The molecule has 2 aromatic heterocycles. The summed E-state index contributed by atoms with van der Waals surface area (Å²) in [6.07, 6.45) is 1.57. The Morgan fingerprint density at radius 2 is 2.14 bits per heavy atom. The molecule has 108 valence electrons. The van der Waals surface area contributed by atoms with Crippen molar-refractivity contribution in [3.8, 4) is 0 Å². The number of imidazole rings is 1. The Hall–Kier alpha value is -2.18. The van der Waals surface area contributed by atoms with Gasteiger partial charge in [0.1, 0.15) is 5.52 Å². The van der Waals surface area contributed by atoms with Gasteiger partial charge in [0, 0.05) is 13.7 Å². The van der Waals surface area contributed by atoms with Gasteiger partial charge in [0.15, 0.2) is 11.5 Å². The minimum Gasteiger partial charge on any atom is -0.380 e. The fourth-order valence-corrected chi connectivity index (χ4v) is 2.28. The van der Waals surface area contributed by atoms with Crippen LogP contribution in [0.5, 0.6) is 0 Å². The molecule has 0 unspecified atom stereocenters. The molecule has 0 radical (unpaired) electrons. The number of aromatic amines is 1. The van der Waals surface area contributed by atoms with Crippen LogP contribution in [0.25, 0.3) is 11.2 Å². The van der Waals surface area contributed by atoms with Gasteiger partial charge in [-0.1, -0.05) is 24.3 Å². The lowest BCUT2D eigenvalue weighted by molar-refractivity contribution is 0.185. The highest BCUT2D eigenvalue weighted by Crippen LogP contribution is 2.19. The molecule has 0 aliphatic heterocycles. The first-order valence-electron chi connectivity index (χ1n) is 6.43. The average Bonchev–Trinajstić information content (AvgIpc) is 2.93. The molecule has 0 spiro atoms. The number of H-pyrrole nitrogens is 1. The maximum Gasteiger partial charge on any atom is 0.226 e. The molecular weight excluding hydrogens is 290 g/mol. The molecule has 2 heterocycles. The number of methoxy groups -OCH3 is 1. The van der Waals surface area contributed by atoms with Crippen molar-refractivity contribution in [2.75, 3.05) is 12.4 Å². The van der Waals surface area contributed by atoms with Crippen molar-refractivity contribution in [1.29, 1.82) is 0 Å². The van der Waals surface area contributed by atoms with E-state index in [4.69, 9.17) is 16.3 Å². The quantitative estimate of drug-likeness (QED) is 0.709. The van der Waals surface area contributed by atoms with E-state index in [1.807, 2.05) is 18.2 Å². The lowest BCUT2D eigenvalue weighted by atomic mass is 10.1. The molecule has 0 aliphatic rings. The van der Waals surface area contributed by atoms with Crippen molar-refractivity contribution >= 4 is 28.6 Å². The summed E-state index contributed by atoms with van der Waals surface area (Å²) < 4.78 is 5.14. The predicted octanol–water partition coefficient (Wildman–Crippen LogP) is 2.76. The van der Waals surface area contributed by atoms with Gasteiger partial charge in [0.2, 0.25) is 5.28 Å². The molecule has 0 atom stereocenters. The van der Waals surface area contributed by atoms with Gasteiger partial charge in [-0.25, -0.2) is 4.98 Å². The molecule has 3 rings (SSSR count). The zero-order valence-electron chi connectivity index (χ0n) is 11.4. The Morgan fingerprint density at radius 3 is 3.00 bits per heavy atom. The van der Waals surface area contributed by atoms with Crippen LogP contribution in [0.15, 0.2) is 30.6 Å². The Morgan fingerprint density at radius 1 is 1.29 bits per heavy atom. The molecule has 0 aliphatic carbocycles. The highest BCUT2D eigenvalue weighted by Gasteiger charge is 2.08. The Balaban J connectivity index is 1.80. The molecule has 0 fully saturated rings. The summed E-state index contributed by atoms with van der Waals surface area (Å²) in [5.41, 5.74) is 3.55. The van der Waals surface area contributed by atoms with Crippen molar-refractivity contribution in [2.45, 2.75) is 13.2 Å². The van der Waals surface area contributed by atoms with Gasteiger partial charge in [0.25, 0.3) is 0 Å². The van der Waals surface area contributed by atoms with Crippen LogP contribution in [-0.4, -0.2) is 27.0 Å². The fraction of sp³-hybridized carbons (Fsp3) is 0.214. The zero-order chi connectivity index (χ0) is 14.7. The normalized spacial score (nSPS) is 11.0. The van der Waals surface area contributed by atoms with Crippen LogP contribution in [0.4, 0.5) is 5.82 Å². The molecule has 1 aromatic carbocycles. The molecule has 0 amide bonds. The third-order valence-electron chi connectivity index (χ3n) is 3.02. The van der Waals surface area contributed by atoms with Crippen LogP contribution in [0.2, 0.25) is 5.28 Å². The van der Waals surface area contributed by atoms with E-state index in [0.717, 1.165) is 16.6 Å². The second-order valence-corrected chi connectivity index (χ2v) is 4.89. The molecule has 0 saturated heterocycles. The summed E-state index contributed by atoms with van der Waals surface area (Å²) >= 11 is 5.90. The molecule has 2 N–H and O–H groups in total. The van der Waals surface area contributed by atoms with E-state index >= 15 is 0 Å². The first kappa shape index (κ1) is 13.8. The first-order chi connectivity index (χ1) is 10.3. The van der Waals surface area contributed by atoms with E-state index in [1.165, 1.54) is 0 Å². The van der Waals surface area contributed by atoms with Crippen LogP contribution >= 0.6 is 11.6 Å². The van der Waals surface area contributed by atoms with Gasteiger partial charge in [-0.05, 0) is 22.7 Å². The monoisotopic (exact) mass is 303 g/mol. The largest absolute Gasteiger partial charge is 0.380 e. The molecular formula is C14H14ClN5O. The number of ether oxygens (including phenoxy) is 1. The molecule has 6 nitrogen and oxygen atoms in total. The summed E-state index contributed by atoms with van der Waals surface area (Å²) in [5, 5.41) is 3.42. The highest BCUT2D eigenvalue weighted by atomic mass is 35.5. The number of anilines is 1. The van der Waals surface area contributed by atoms with E-state index in [2.05, 4.69) is 31.3 Å². The fourth-order valence-electron chi connectivity index (χ4n) is 2.12. The summed E-state index contributed by atoms with van der Waals surface area (Å²) in [4.78, 5) is 15.3. The van der Waals surface area contributed by atoms with E-state index in [9.17, 15) is 0 Å². The van der Waals surface area contributed by atoms with Crippen molar-refractivity contribution in [2.24, 2.45) is 0 Å². The summed E-state index contributed by atoms with van der Waals surface area (Å²) in [7, 11) is 1.68. The average molecular weight is 304 g/mol. The van der Waals surface area contributed by atoms with Crippen molar-refractivity contribution in [3.63, 3.8) is 0 Å². The Labute approximate surface area is 126 Å². The summed E-state index contributed by atoms with van der Waals surface area (Å²) in [6, 6.07) is 8.16. The summed E-state index contributed by atoms with van der Waals surface area (Å²) in [6.45, 7) is 1.22. The summed E-state index contributed by atoms with van der Waals surface area (Å²) in [5.74, 6) is 0.639. The number of hydrogen-bond donors (Lipinski definition) is 2. The van der Waals surface area contributed by atoms with E-state index in [1.54, 1.807) is 13.4 Å². The second kappa shape index (κ2) is 6.07. The molecule has 0 saturated carbocycles. The van der Waals surface area contributed by atoms with Gasteiger partial charge in [-0.3, -0.25) is 0 Å². The van der Waals surface area contributed by atoms with Gasteiger partial charge < -0.3 is 15.0 Å². The maximum absolute atomic E-state index is 5.90. The van der Waals surface area contributed by atoms with Gasteiger partial charge in [-0.2, -0.15) is 9.97 Å². The standard InChI is InChI=1S/C14H14ClN5O/c1-21-7-10-4-2-3-9(5-10)6-16-12-11-13(18-8-17-11)20-14(15)19-12/h2-5,8H,6-7H2,1H3,(H2,16,17,18,19,20). The number of benzene rings is 1. The minimum absolute atomic E-state index is 0.172. The third kappa shape index (κ3) is 3.12. The third-order valence-corrected chi connectivity index (χ3v) is 3.19. The van der Waals surface area contributed by atoms with E-state index in [-0.39, 0.29) is 5.28 Å². The van der Waals surface area contributed by atoms with Crippen LogP contribution in [0.1, 0.15) is 11.1 Å². The van der Waals surface area contributed by atoms with Gasteiger partial charge in [0.05, 0.1) is 12.9 Å². The molecule has 0 bridgehead atoms. The van der Waals surface area contributed by atoms with Gasteiger partial charge >= 0.3 is 0 Å². The predicted molar refractivity (Wildman–Crippen MR) is 81.2 cm³/mol. The number of nitrogens with one attached hydrogen (secondary N) is 2.